The lowest BCUT2D eigenvalue weighted by molar-refractivity contribution is 0.0281. The van der Waals surface area contributed by atoms with Gasteiger partial charge in [-0.1, -0.05) is 0 Å². The maximum absolute atomic E-state index is 12.8. The number of amides is 1. The Morgan fingerprint density at radius 3 is 2.80 bits per heavy atom. The van der Waals surface area contributed by atoms with Crippen LogP contribution in [0.15, 0.2) is 0 Å². The van der Waals surface area contributed by atoms with Gasteiger partial charge >= 0.3 is 0 Å². The molecule has 1 unspecified atom stereocenters. The number of piperidine rings is 1. The topological polar surface area (TPSA) is 81.2 Å². The van der Waals surface area contributed by atoms with E-state index in [1.807, 2.05) is 4.90 Å². The maximum atomic E-state index is 12.8. The van der Waals surface area contributed by atoms with E-state index in [0.29, 0.717) is 5.69 Å². The molecule has 2 saturated heterocycles. The second-order valence-corrected chi connectivity index (χ2v) is 6.18. The zero-order valence-electron chi connectivity index (χ0n) is 11.4. The molecule has 4 rings (SSSR count). The van der Waals surface area contributed by atoms with Crippen molar-refractivity contribution in [1.82, 2.24) is 20.4 Å². The zero-order valence-corrected chi connectivity index (χ0v) is 11.4. The number of aliphatic hydroxyl groups is 1. The molecule has 3 aliphatic rings. The molecule has 0 spiro atoms. The van der Waals surface area contributed by atoms with E-state index in [-0.39, 0.29) is 24.1 Å². The summed E-state index contributed by atoms with van der Waals surface area (Å²) in [7, 11) is 0. The zero-order chi connectivity index (χ0) is 13.7. The van der Waals surface area contributed by atoms with Gasteiger partial charge in [-0.05, 0) is 38.6 Å². The molecule has 3 N–H and O–H groups in total. The summed E-state index contributed by atoms with van der Waals surface area (Å²) in [6, 6.07) is 0.399. The number of H-pyrrole nitrogens is 1. The molecule has 1 aromatic heterocycles. The first-order valence-electron chi connectivity index (χ1n) is 7.51. The Balaban J connectivity index is 1.63. The van der Waals surface area contributed by atoms with Crippen LogP contribution in [0.5, 0.6) is 0 Å². The number of fused-ring (bicyclic) bond motifs is 3. The van der Waals surface area contributed by atoms with Gasteiger partial charge in [0.15, 0.2) is 5.69 Å². The van der Waals surface area contributed by atoms with Gasteiger partial charge in [-0.15, -0.1) is 0 Å². The average molecular weight is 276 g/mol. The first-order chi connectivity index (χ1) is 9.74. The van der Waals surface area contributed by atoms with E-state index in [2.05, 4.69) is 15.5 Å². The summed E-state index contributed by atoms with van der Waals surface area (Å²) in [5.41, 5.74) is 2.73. The molecule has 6 heteroatoms. The van der Waals surface area contributed by atoms with Gasteiger partial charge in [0, 0.05) is 24.2 Å². The number of hydrogen-bond donors (Lipinski definition) is 3. The lowest BCUT2D eigenvalue weighted by Gasteiger charge is -2.37. The lowest BCUT2D eigenvalue weighted by atomic mass is 9.98. The second kappa shape index (κ2) is 4.56. The minimum Gasteiger partial charge on any atom is -0.393 e. The Hall–Kier alpha value is -1.40. The van der Waals surface area contributed by atoms with Crippen molar-refractivity contribution < 1.29 is 9.90 Å². The molecule has 4 heterocycles. The van der Waals surface area contributed by atoms with Gasteiger partial charge in [0.1, 0.15) is 0 Å². The van der Waals surface area contributed by atoms with Crippen LogP contribution in [-0.2, 0) is 13.0 Å². The predicted octanol–water partition coefficient (Wildman–Crippen LogP) is 0.183. The summed E-state index contributed by atoms with van der Waals surface area (Å²) < 4.78 is 0. The predicted molar refractivity (Wildman–Crippen MR) is 72.2 cm³/mol. The Kier molecular flexibility index (Phi) is 2.82. The van der Waals surface area contributed by atoms with Crippen LogP contribution in [0.2, 0.25) is 0 Å². The molecule has 1 amide bonds. The van der Waals surface area contributed by atoms with Crippen molar-refractivity contribution in [3.05, 3.63) is 17.0 Å². The Morgan fingerprint density at radius 1 is 1.30 bits per heavy atom. The van der Waals surface area contributed by atoms with Crippen molar-refractivity contribution in [2.75, 3.05) is 6.54 Å². The van der Waals surface area contributed by atoms with Crippen molar-refractivity contribution in [3.63, 3.8) is 0 Å². The normalized spacial score (nSPS) is 32.2. The molecule has 1 aromatic rings. The number of aromatic nitrogens is 2. The van der Waals surface area contributed by atoms with Crippen LogP contribution in [0, 0.1) is 0 Å². The molecule has 0 radical (unpaired) electrons. The van der Waals surface area contributed by atoms with Crippen LogP contribution in [0.3, 0.4) is 0 Å². The minimum absolute atomic E-state index is 0.0591. The Bertz CT molecular complexity index is 527. The first-order valence-corrected chi connectivity index (χ1v) is 7.51. The molecule has 3 aliphatic heterocycles. The van der Waals surface area contributed by atoms with Crippen LogP contribution in [0.1, 0.15) is 47.4 Å². The van der Waals surface area contributed by atoms with Gasteiger partial charge in [-0.25, -0.2) is 0 Å². The van der Waals surface area contributed by atoms with Crippen molar-refractivity contribution in [2.45, 2.75) is 56.8 Å². The smallest absolute Gasteiger partial charge is 0.275 e. The number of aromatic amines is 1. The number of nitrogens with zero attached hydrogens (tertiary/aromatic N) is 2. The average Bonchev–Trinajstić information content (AvgIpc) is 2.98. The SMILES string of the molecule is O=C(c1n[nH]c2c1CCNC2)N1[C@@H]2CC[C@H]1CC(O)C2. The molecule has 2 fully saturated rings. The Morgan fingerprint density at radius 2 is 2.05 bits per heavy atom. The first kappa shape index (κ1) is 12.3. The molecular formula is C14H20N4O2. The van der Waals surface area contributed by atoms with E-state index < -0.39 is 0 Å². The van der Waals surface area contributed by atoms with E-state index in [1.54, 1.807) is 0 Å². The lowest BCUT2D eigenvalue weighted by Crippen LogP contribution is -2.48. The summed E-state index contributed by atoms with van der Waals surface area (Å²) in [6.07, 6.45) is 4.09. The molecule has 6 nitrogen and oxygen atoms in total. The van der Waals surface area contributed by atoms with Crippen molar-refractivity contribution >= 4 is 5.91 Å². The van der Waals surface area contributed by atoms with Crippen LogP contribution in [0.25, 0.3) is 0 Å². The van der Waals surface area contributed by atoms with Crippen molar-refractivity contribution in [1.29, 1.82) is 0 Å². The van der Waals surface area contributed by atoms with E-state index in [4.69, 9.17) is 0 Å². The third-order valence-corrected chi connectivity index (χ3v) is 4.95. The number of aliphatic hydroxyl groups excluding tert-OH is 1. The van der Waals surface area contributed by atoms with Gasteiger partial charge in [-0.2, -0.15) is 5.10 Å². The van der Waals surface area contributed by atoms with E-state index >= 15 is 0 Å². The number of carbonyl (C=O) groups is 1. The number of nitrogens with one attached hydrogen (secondary N) is 2. The highest BCUT2D eigenvalue weighted by Gasteiger charge is 2.44. The molecule has 20 heavy (non-hydrogen) atoms. The van der Waals surface area contributed by atoms with Crippen LogP contribution >= 0.6 is 0 Å². The largest absolute Gasteiger partial charge is 0.393 e. The minimum atomic E-state index is -0.242. The highest BCUT2D eigenvalue weighted by molar-refractivity contribution is 5.94. The quantitative estimate of drug-likeness (QED) is 0.683. The van der Waals surface area contributed by atoms with E-state index in [0.717, 1.165) is 56.5 Å². The van der Waals surface area contributed by atoms with Gasteiger partial charge in [0.05, 0.1) is 11.8 Å². The van der Waals surface area contributed by atoms with E-state index in [1.165, 1.54) is 0 Å². The molecule has 3 atom stereocenters. The maximum Gasteiger partial charge on any atom is 0.275 e. The van der Waals surface area contributed by atoms with Gasteiger partial charge in [0.2, 0.25) is 0 Å². The number of rotatable bonds is 1. The summed E-state index contributed by atoms with van der Waals surface area (Å²) >= 11 is 0. The van der Waals surface area contributed by atoms with Gasteiger partial charge in [0.25, 0.3) is 5.91 Å². The third-order valence-electron chi connectivity index (χ3n) is 4.95. The van der Waals surface area contributed by atoms with Crippen molar-refractivity contribution in [2.24, 2.45) is 0 Å². The summed E-state index contributed by atoms with van der Waals surface area (Å²) in [6.45, 7) is 1.67. The number of carbonyl (C=O) groups excluding carboxylic acids is 1. The molecule has 0 aliphatic carbocycles. The second-order valence-electron chi connectivity index (χ2n) is 6.18. The third kappa shape index (κ3) is 1.78. The molecule has 0 aromatic carbocycles. The fraction of sp³-hybridized carbons (Fsp3) is 0.714. The Labute approximate surface area is 117 Å². The fourth-order valence-corrected chi connectivity index (χ4v) is 4.02. The standard InChI is InChI=1S/C14H20N4O2/c19-10-5-8-1-2-9(6-10)18(8)14(20)13-11-3-4-15-7-12(11)16-17-13/h8-10,15,19H,1-7H2,(H,16,17)/t8-,9+,10?. The molecule has 2 bridgehead atoms. The highest BCUT2D eigenvalue weighted by Crippen LogP contribution is 2.37. The molecule has 0 saturated carbocycles. The highest BCUT2D eigenvalue weighted by atomic mass is 16.3. The van der Waals surface area contributed by atoms with Crippen LogP contribution in [-0.4, -0.2) is 50.8 Å². The summed E-state index contributed by atoms with van der Waals surface area (Å²) in [5.74, 6) is 0.0591. The van der Waals surface area contributed by atoms with Crippen LogP contribution < -0.4 is 5.32 Å². The number of hydrogen-bond acceptors (Lipinski definition) is 4. The van der Waals surface area contributed by atoms with Crippen LogP contribution in [0.4, 0.5) is 0 Å². The molecular weight excluding hydrogens is 256 g/mol. The summed E-state index contributed by atoms with van der Waals surface area (Å²) in [4.78, 5) is 14.8. The van der Waals surface area contributed by atoms with Crippen molar-refractivity contribution in [3.8, 4) is 0 Å². The summed E-state index contributed by atoms with van der Waals surface area (Å²) in [5, 5.41) is 20.4. The molecule has 108 valence electrons. The van der Waals surface area contributed by atoms with E-state index in [9.17, 15) is 9.90 Å². The fourth-order valence-electron chi connectivity index (χ4n) is 4.02. The monoisotopic (exact) mass is 276 g/mol. The van der Waals surface area contributed by atoms with Gasteiger partial charge < -0.3 is 15.3 Å². The van der Waals surface area contributed by atoms with Gasteiger partial charge in [-0.3, -0.25) is 9.89 Å².